The number of hydrogen-bond acceptors (Lipinski definition) is 2. The van der Waals surface area contributed by atoms with Crippen molar-refractivity contribution in [2.75, 3.05) is 18.5 Å². The molecule has 0 radical (unpaired) electrons. The summed E-state index contributed by atoms with van der Waals surface area (Å²) in [5.74, 6) is 0.181. The number of nitrogens with zero attached hydrogens (tertiary/aromatic N) is 1. The first-order valence-electron chi connectivity index (χ1n) is 7.23. The van der Waals surface area contributed by atoms with Crippen molar-refractivity contribution < 1.29 is 4.79 Å². The van der Waals surface area contributed by atoms with E-state index in [1.54, 1.807) is 4.90 Å². The predicted molar refractivity (Wildman–Crippen MR) is 83.0 cm³/mol. The van der Waals surface area contributed by atoms with E-state index in [0.717, 1.165) is 24.0 Å². The second-order valence-electron chi connectivity index (χ2n) is 5.45. The van der Waals surface area contributed by atoms with Gasteiger partial charge in [-0.15, -0.1) is 0 Å². The number of benzene rings is 2. The molecule has 0 bridgehead atoms. The van der Waals surface area contributed by atoms with Crippen molar-refractivity contribution in [3.05, 3.63) is 42.5 Å². The van der Waals surface area contributed by atoms with Gasteiger partial charge in [0.05, 0.1) is 5.69 Å². The van der Waals surface area contributed by atoms with Gasteiger partial charge in [-0.1, -0.05) is 36.4 Å². The minimum atomic E-state index is 0.181. The van der Waals surface area contributed by atoms with Crippen molar-refractivity contribution in [1.29, 1.82) is 0 Å². The van der Waals surface area contributed by atoms with E-state index in [1.165, 1.54) is 11.8 Å². The average molecular weight is 268 g/mol. The number of carbonyl (C=O) groups is 1. The topological polar surface area (TPSA) is 32.3 Å². The minimum absolute atomic E-state index is 0.181. The van der Waals surface area contributed by atoms with E-state index in [4.69, 9.17) is 0 Å². The molecule has 104 valence electrons. The summed E-state index contributed by atoms with van der Waals surface area (Å²) in [6.07, 6.45) is 2.87. The first-order valence-corrected chi connectivity index (χ1v) is 7.23. The van der Waals surface area contributed by atoms with Crippen LogP contribution in [0.15, 0.2) is 42.5 Å². The number of nitrogens with one attached hydrogen (secondary N) is 1. The molecule has 0 aliphatic carbocycles. The van der Waals surface area contributed by atoms with Gasteiger partial charge in [0, 0.05) is 24.9 Å². The molecule has 1 fully saturated rings. The van der Waals surface area contributed by atoms with Crippen LogP contribution in [-0.4, -0.2) is 25.5 Å². The summed E-state index contributed by atoms with van der Waals surface area (Å²) in [4.78, 5) is 14.2. The fourth-order valence-electron chi connectivity index (χ4n) is 2.91. The number of amides is 1. The molecule has 2 aromatic rings. The normalized spacial score (nSPS) is 18.4. The van der Waals surface area contributed by atoms with Crippen molar-refractivity contribution >= 4 is 22.4 Å². The van der Waals surface area contributed by atoms with Crippen LogP contribution in [0.25, 0.3) is 10.8 Å². The highest BCUT2D eigenvalue weighted by Gasteiger charge is 2.21. The zero-order valence-corrected chi connectivity index (χ0v) is 11.8. The summed E-state index contributed by atoms with van der Waals surface area (Å²) >= 11 is 0. The van der Waals surface area contributed by atoms with E-state index in [9.17, 15) is 4.79 Å². The molecule has 1 unspecified atom stereocenters. The molecule has 20 heavy (non-hydrogen) atoms. The molecule has 1 aliphatic heterocycles. The van der Waals surface area contributed by atoms with Gasteiger partial charge in [0.1, 0.15) is 0 Å². The zero-order valence-electron chi connectivity index (χ0n) is 11.8. The van der Waals surface area contributed by atoms with Crippen LogP contribution in [-0.2, 0) is 4.79 Å². The van der Waals surface area contributed by atoms with Gasteiger partial charge in [0.25, 0.3) is 0 Å². The number of hydrogen-bond donors (Lipinski definition) is 1. The van der Waals surface area contributed by atoms with Crippen molar-refractivity contribution in [2.24, 2.45) is 0 Å². The lowest BCUT2D eigenvalue weighted by atomic mass is 10.1. The monoisotopic (exact) mass is 268 g/mol. The Morgan fingerprint density at radius 2 is 2.05 bits per heavy atom. The van der Waals surface area contributed by atoms with Crippen LogP contribution in [0, 0.1) is 0 Å². The maximum atomic E-state index is 12.4. The third-order valence-electron chi connectivity index (χ3n) is 4.09. The summed E-state index contributed by atoms with van der Waals surface area (Å²) in [6, 6.07) is 14.6. The summed E-state index contributed by atoms with van der Waals surface area (Å²) in [5.41, 5.74) is 0.992. The molecular formula is C17H20N2O. The molecule has 1 amide bonds. The lowest BCUT2D eigenvalue weighted by Crippen LogP contribution is -2.33. The van der Waals surface area contributed by atoms with Crippen LogP contribution in [0.4, 0.5) is 5.69 Å². The molecule has 0 aromatic heterocycles. The van der Waals surface area contributed by atoms with Crippen LogP contribution in [0.1, 0.15) is 19.3 Å². The van der Waals surface area contributed by atoms with Crippen LogP contribution < -0.4 is 10.2 Å². The molecule has 3 rings (SSSR count). The Kier molecular flexibility index (Phi) is 3.70. The second-order valence-corrected chi connectivity index (χ2v) is 5.45. The highest BCUT2D eigenvalue weighted by molar-refractivity contribution is 6.03. The van der Waals surface area contributed by atoms with Crippen molar-refractivity contribution in [2.45, 2.75) is 25.3 Å². The van der Waals surface area contributed by atoms with E-state index in [-0.39, 0.29) is 5.91 Å². The number of carbonyl (C=O) groups excluding carboxylic acids is 1. The Morgan fingerprint density at radius 3 is 2.85 bits per heavy atom. The van der Waals surface area contributed by atoms with Crippen LogP contribution in [0.3, 0.4) is 0 Å². The predicted octanol–water partition coefficient (Wildman–Crippen LogP) is 2.94. The van der Waals surface area contributed by atoms with Crippen LogP contribution >= 0.6 is 0 Å². The fraction of sp³-hybridized carbons (Fsp3) is 0.353. The number of rotatable bonds is 3. The summed E-state index contributed by atoms with van der Waals surface area (Å²) < 4.78 is 0. The van der Waals surface area contributed by atoms with Crippen LogP contribution in [0.2, 0.25) is 0 Å². The van der Waals surface area contributed by atoms with Gasteiger partial charge in [-0.05, 0) is 30.8 Å². The molecule has 3 nitrogen and oxygen atoms in total. The smallest absolute Gasteiger partial charge is 0.228 e. The van der Waals surface area contributed by atoms with E-state index in [0.29, 0.717) is 12.5 Å². The van der Waals surface area contributed by atoms with Gasteiger partial charge in [-0.2, -0.15) is 0 Å². The van der Waals surface area contributed by atoms with E-state index >= 15 is 0 Å². The number of fused-ring (bicyclic) bond motifs is 1. The molecule has 0 saturated carbocycles. The summed E-state index contributed by atoms with van der Waals surface area (Å²) in [6.45, 7) is 1.04. The Labute approximate surface area is 119 Å². The fourth-order valence-corrected chi connectivity index (χ4v) is 2.91. The Morgan fingerprint density at radius 1 is 1.25 bits per heavy atom. The molecule has 1 heterocycles. The van der Waals surface area contributed by atoms with Gasteiger partial charge >= 0.3 is 0 Å². The molecule has 1 saturated heterocycles. The summed E-state index contributed by atoms with van der Waals surface area (Å²) in [5, 5.41) is 5.68. The Balaban J connectivity index is 1.84. The lowest BCUT2D eigenvalue weighted by molar-refractivity contribution is -0.118. The first-order chi connectivity index (χ1) is 9.75. The van der Waals surface area contributed by atoms with Gasteiger partial charge in [0.15, 0.2) is 0 Å². The quantitative estimate of drug-likeness (QED) is 0.928. The van der Waals surface area contributed by atoms with Gasteiger partial charge in [-0.3, -0.25) is 4.79 Å². The van der Waals surface area contributed by atoms with Gasteiger partial charge in [0.2, 0.25) is 5.91 Å². The summed E-state index contributed by atoms with van der Waals surface area (Å²) in [7, 11) is 1.87. The van der Waals surface area contributed by atoms with E-state index in [2.05, 4.69) is 23.5 Å². The van der Waals surface area contributed by atoms with Gasteiger partial charge in [-0.25, -0.2) is 0 Å². The third kappa shape index (κ3) is 2.54. The Hall–Kier alpha value is -1.87. The SMILES string of the molecule is CN(C(=O)CC1CCCN1)c1cccc2ccccc12. The molecule has 0 spiro atoms. The van der Waals surface area contributed by atoms with Gasteiger partial charge < -0.3 is 10.2 Å². The van der Waals surface area contributed by atoms with Crippen molar-refractivity contribution in [3.8, 4) is 0 Å². The van der Waals surface area contributed by atoms with E-state index in [1.807, 2.05) is 31.3 Å². The maximum absolute atomic E-state index is 12.4. The molecule has 3 heteroatoms. The molecule has 1 N–H and O–H groups in total. The Bertz CT molecular complexity index is 612. The van der Waals surface area contributed by atoms with Crippen molar-refractivity contribution in [3.63, 3.8) is 0 Å². The highest BCUT2D eigenvalue weighted by Crippen LogP contribution is 2.26. The standard InChI is InChI=1S/C17H20N2O/c1-19(17(20)12-14-8-5-11-18-14)16-10-4-7-13-6-2-3-9-15(13)16/h2-4,6-7,9-10,14,18H,5,8,11-12H2,1H3. The lowest BCUT2D eigenvalue weighted by Gasteiger charge is -2.21. The molecule has 1 aliphatic rings. The third-order valence-corrected chi connectivity index (χ3v) is 4.09. The minimum Gasteiger partial charge on any atom is -0.315 e. The highest BCUT2D eigenvalue weighted by atomic mass is 16.2. The largest absolute Gasteiger partial charge is 0.315 e. The number of anilines is 1. The van der Waals surface area contributed by atoms with Crippen LogP contribution in [0.5, 0.6) is 0 Å². The van der Waals surface area contributed by atoms with E-state index < -0.39 is 0 Å². The maximum Gasteiger partial charge on any atom is 0.228 e. The van der Waals surface area contributed by atoms with Crippen molar-refractivity contribution in [1.82, 2.24) is 5.32 Å². The average Bonchev–Trinajstić information content (AvgIpc) is 2.99. The second kappa shape index (κ2) is 5.63. The molecule has 1 atom stereocenters. The molecule has 2 aromatic carbocycles. The first kappa shape index (κ1) is 13.1. The zero-order chi connectivity index (χ0) is 13.9. The molecular weight excluding hydrogens is 248 g/mol.